The monoisotopic (exact) mass is 219 g/mol. The van der Waals surface area contributed by atoms with E-state index in [9.17, 15) is 0 Å². The van der Waals surface area contributed by atoms with Crippen molar-refractivity contribution in [3.63, 3.8) is 0 Å². The van der Waals surface area contributed by atoms with Gasteiger partial charge in [0.1, 0.15) is 18.5 Å². The molecule has 1 aromatic rings. The van der Waals surface area contributed by atoms with E-state index >= 15 is 0 Å². The molecule has 2 fully saturated rings. The Labute approximate surface area is 95.4 Å². The van der Waals surface area contributed by atoms with Crippen molar-refractivity contribution in [3.8, 4) is 0 Å². The van der Waals surface area contributed by atoms with Gasteiger partial charge in [-0.05, 0) is 19.9 Å². The van der Waals surface area contributed by atoms with E-state index in [4.69, 9.17) is 0 Å². The first-order chi connectivity index (χ1) is 7.71. The summed E-state index contributed by atoms with van der Waals surface area (Å²) in [5.74, 6) is 0.957. The summed E-state index contributed by atoms with van der Waals surface area (Å²) >= 11 is 0. The number of hydrogen-bond donors (Lipinski definition) is 0. The minimum atomic E-state index is 0.317. The Morgan fingerprint density at radius 3 is 2.69 bits per heavy atom. The molecule has 3 heterocycles. The van der Waals surface area contributed by atoms with Gasteiger partial charge in [-0.1, -0.05) is 6.58 Å². The minimum absolute atomic E-state index is 0.317. The van der Waals surface area contributed by atoms with Crippen molar-refractivity contribution in [3.05, 3.63) is 19.2 Å². The van der Waals surface area contributed by atoms with Crippen molar-refractivity contribution in [1.82, 2.24) is 24.6 Å². The highest BCUT2D eigenvalue weighted by atomic mass is 15.5. The van der Waals surface area contributed by atoms with E-state index in [-0.39, 0.29) is 0 Å². The van der Waals surface area contributed by atoms with E-state index in [1.54, 1.807) is 17.3 Å². The third kappa shape index (κ3) is 1.28. The van der Waals surface area contributed by atoms with Gasteiger partial charge in [0.05, 0.1) is 5.54 Å². The Balaban J connectivity index is 1.79. The molecular formula is C11H17N5. The topological polar surface area (TPSA) is 37.2 Å². The van der Waals surface area contributed by atoms with Crippen molar-refractivity contribution < 1.29 is 0 Å². The van der Waals surface area contributed by atoms with Gasteiger partial charge in [-0.3, -0.25) is 0 Å². The zero-order chi connectivity index (χ0) is 11.2. The first-order valence-electron chi connectivity index (χ1n) is 5.71. The number of rotatable bonds is 2. The van der Waals surface area contributed by atoms with E-state index in [2.05, 4.69) is 33.5 Å². The number of likely N-dealkylation sites (N-methyl/N-ethyl adjacent to an activating group) is 1. The molecule has 5 nitrogen and oxygen atoms in total. The molecule has 3 rings (SSSR count). The van der Waals surface area contributed by atoms with Crippen molar-refractivity contribution in [2.24, 2.45) is 0 Å². The molecule has 1 unspecified atom stereocenters. The molecule has 86 valence electrons. The second-order valence-electron chi connectivity index (χ2n) is 4.87. The lowest BCUT2D eigenvalue weighted by Gasteiger charge is -2.52. The SMILES string of the molecule is C=C(N1CCC12CCN(C)C2)n1cncn1. The summed E-state index contributed by atoms with van der Waals surface area (Å²) in [6, 6.07) is 0. The molecule has 2 saturated heterocycles. The second-order valence-corrected chi connectivity index (χ2v) is 4.87. The third-order valence-electron chi connectivity index (χ3n) is 3.89. The Morgan fingerprint density at radius 2 is 2.19 bits per heavy atom. The van der Waals surface area contributed by atoms with Crippen molar-refractivity contribution in [2.75, 3.05) is 26.7 Å². The van der Waals surface area contributed by atoms with Gasteiger partial charge in [0, 0.05) is 19.6 Å². The summed E-state index contributed by atoms with van der Waals surface area (Å²) in [4.78, 5) is 8.74. The molecule has 1 atom stereocenters. The molecule has 16 heavy (non-hydrogen) atoms. The van der Waals surface area contributed by atoms with Crippen LogP contribution in [0.15, 0.2) is 19.2 Å². The summed E-state index contributed by atoms with van der Waals surface area (Å²) in [5, 5.41) is 4.14. The lowest BCUT2D eigenvalue weighted by atomic mass is 9.84. The summed E-state index contributed by atoms with van der Waals surface area (Å²) in [5.41, 5.74) is 0.317. The molecule has 2 aliphatic rings. The van der Waals surface area contributed by atoms with E-state index in [1.165, 1.54) is 19.4 Å². The Hall–Kier alpha value is -1.36. The van der Waals surface area contributed by atoms with Gasteiger partial charge in [-0.25, -0.2) is 9.67 Å². The standard InChI is InChI=1S/C11H17N5/c1-10(16-9-12-8-13-16)15-6-4-11(15)3-5-14(2)7-11/h8-9H,1,3-7H2,2H3. The molecule has 0 bridgehead atoms. The molecule has 0 saturated carbocycles. The van der Waals surface area contributed by atoms with Crippen LogP contribution in [0.2, 0.25) is 0 Å². The molecule has 0 amide bonds. The molecular weight excluding hydrogens is 202 g/mol. The fourth-order valence-electron chi connectivity index (χ4n) is 2.89. The maximum absolute atomic E-state index is 4.14. The lowest BCUT2D eigenvalue weighted by molar-refractivity contribution is 0.0489. The molecule has 1 aromatic heterocycles. The van der Waals surface area contributed by atoms with Crippen molar-refractivity contribution in [1.29, 1.82) is 0 Å². The van der Waals surface area contributed by atoms with Crippen molar-refractivity contribution >= 4 is 5.82 Å². The quantitative estimate of drug-likeness (QED) is 0.725. The molecule has 0 radical (unpaired) electrons. The highest BCUT2D eigenvalue weighted by Crippen LogP contribution is 2.41. The van der Waals surface area contributed by atoms with Crippen LogP contribution in [0.4, 0.5) is 0 Å². The Morgan fingerprint density at radius 1 is 1.38 bits per heavy atom. The number of aromatic nitrogens is 3. The first kappa shape index (κ1) is 9.84. The molecule has 5 heteroatoms. The fraction of sp³-hybridized carbons (Fsp3) is 0.636. The molecule has 0 aromatic carbocycles. The van der Waals surface area contributed by atoms with E-state index in [0.29, 0.717) is 5.54 Å². The molecule has 0 aliphatic carbocycles. The summed E-state index contributed by atoms with van der Waals surface area (Å²) in [6.45, 7) is 7.54. The van der Waals surface area contributed by atoms with Gasteiger partial charge < -0.3 is 9.80 Å². The number of nitrogens with zero attached hydrogens (tertiary/aromatic N) is 5. The van der Waals surface area contributed by atoms with Crippen LogP contribution in [0.1, 0.15) is 12.8 Å². The van der Waals surface area contributed by atoms with Crippen LogP contribution in [-0.4, -0.2) is 56.8 Å². The number of hydrogen-bond acceptors (Lipinski definition) is 4. The van der Waals surface area contributed by atoms with Gasteiger partial charge in [-0.15, -0.1) is 0 Å². The molecule has 1 spiro atoms. The predicted molar refractivity (Wildman–Crippen MR) is 61.5 cm³/mol. The average Bonchev–Trinajstić information content (AvgIpc) is 2.85. The summed E-state index contributed by atoms with van der Waals surface area (Å²) in [7, 11) is 2.18. The van der Waals surface area contributed by atoms with Gasteiger partial charge in [0.2, 0.25) is 0 Å². The average molecular weight is 219 g/mol. The summed E-state index contributed by atoms with van der Waals surface area (Å²) < 4.78 is 1.76. The number of likely N-dealkylation sites (tertiary alicyclic amines) is 2. The molecule has 0 N–H and O–H groups in total. The summed E-state index contributed by atoms with van der Waals surface area (Å²) in [6.07, 6.45) is 5.77. The van der Waals surface area contributed by atoms with Crippen LogP contribution in [0.3, 0.4) is 0 Å². The lowest BCUT2D eigenvalue weighted by Crippen LogP contribution is -2.60. The van der Waals surface area contributed by atoms with Crippen LogP contribution in [0, 0.1) is 0 Å². The second kappa shape index (κ2) is 3.31. The Kier molecular flexibility index (Phi) is 2.04. The van der Waals surface area contributed by atoms with Crippen LogP contribution in [0.25, 0.3) is 5.82 Å². The zero-order valence-corrected chi connectivity index (χ0v) is 9.63. The van der Waals surface area contributed by atoms with E-state index in [1.807, 2.05) is 0 Å². The predicted octanol–water partition coefficient (Wildman–Crippen LogP) is 0.486. The van der Waals surface area contributed by atoms with E-state index in [0.717, 1.165) is 18.9 Å². The largest absolute Gasteiger partial charge is 0.350 e. The van der Waals surface area contributed by atoms with Crippen LogP contribution in [0.5, 0.6) is 0 Å². The van der Waals surface area contributed by atoms with Gasteiger partial charge >= 0.3 is 0 Å². The smallest absolute Gasteiger partial charge is 0.138 e. The van der Waals surface area contributed by atoms with Crippen LogP contribution < -0.4 is 0 Å². The van der Waals surface area contributed by atoms with Crippen LogP contribution >= 0.6 is 0 Å². The third-order valence-corrected chi connectivity index (χ3v) is 3.89. The molecule has 2 aliphatic heterocycles. The Bertz CT molecular complexity index is 399. The fourth-order valence-corrected chi connectivity index (χ4v) is 2.89. The van der Waals surface area contributed by atoms with Crippen molar-refractivity contribution in [2.45, 2.75) is 18.4 Å². The highest BCUT2D eigenvalue weighted by molar-refractivity contribution is 5.42. The highest BCUT2D eigenvalue weighted by Gasteiger charge is 2.49. The van der Waals surface area contributed by atoms with E-state index < -0.39 is 0 Å². The van der Waals surface area contributed by atoms with Gasteiger partial charge in [-0.2, -0.15) is 5.10 Å². The van der Waals surface area contributed by atoms with Gasteiger partial charge in [0.25, 0.3) is 0 Å². The first-order valence-corrected chi connectivity index (χ1v) is 5.71. The van der Waals surface area contributed by atoms with Crippen LogP contribution in [-0.2, 0) is 0 Å². The maximum Gasteiger partial charge on any atom is 0.138 e. The zero-order valence-electron chi connectivity index (χ0n) is 9.63. The van der Waals surface area contributed by atoms with Gasteiger partial charge in [0.15, 0.2) is 0 Å². The normalized spacial score (nSPS) is 29.7. The maximum atomic E-state index is 4.14. The minimum Gasteiger partial charge on any atom is -0.350 e.